The number of nitrogens with one attached hydrogen (secondary N) is 1. The Morgan fingerprint density at radius 3 is 2.02 bits per heavy atom. The number of rotatable bonds is 6. The molecule has 0 amide bonds. The average molecular weight is 543 g/mol. The Hall–Kier alpha value is -4.60. The summed E-state index contributed by atoms with van der Waals surface area (Å²) in [5, 5.41) is 37.5. The SMILES string of the molecule is CC/C(C1=Nc2ccc([N+](=O)[O-])cc2C1(C)C)=C1/C(=O)C(C(/CC)=C2/Nc3ccc([N+](=O)[O-])cc3C2(C)C)=C1O. The smallest absolute Gasteiger partial charge is 0.269 e. The molecule has 0 unspecified atom stereocenters. The molecule has 2 aromatic rings. The summed E-state index contributed by atoms with van der Waals surface area (Å²) >= 11 is 0. The molecule has 10 heteroatoms. The van der Waals surface area contributed by atoms with Crippen molar-refractivity contribution >= 4 is 34.2 Å². The fourth-order valence-corrected chi connectivity index (χ4v) is 6.12. The number of nitrogens with zero attached hydrogens (tertiary/aromatic N) is 3. The van der Waals surface area contributed by atoms with Gasteiger partial charge in [-0.1, -0.05) is 41.5 Å². The number of Topliss-reactive ketones (excluding diaryl/α,β-unsaturated/α-hetero) is 1. The number of benzene rings is 2. The van der Waals surface area contributed by atoms with E-state index in [1.165, 1.54) is 18.2 Å². The highest BCUT2D eigenvalue weighted by Crippen LogP contribution is 2.51. The molecule has 10 nitrogen and oxygen atoms in total. The second-order valence-electron chi connectivity index (χ2n) is 11.2. The zero-order chi connectivity index (χ0) is 29.3. The van der Waals surface area contributed by atoms with Crippen LogP contribution in [0.5, 0.6) is 0 Å². The Morgan fingerprint density at radius 2 is 1.48 bits per heavy atom. The molecule has 40 heavy (non-hydrogen) atoms. The summed E-state index contributed by atoms with van der Waals surface area (Å²) in [6.07, 6.45) is 0.872. The van der Waals surface area contributed by atoms with Crippen LogP contribution in [0.25, 0.3) is 0 Å². The molecule has 2 heterocycles. The molecule has 0 atom stereocenters. The van der Waals surface area contributed by atoms with Crippen LogP contribution in [0.1, 0.15) is 65.5 Å². The van der Waals surface area contributed by atoms with Gasteiger partial charge in [0.15, 0.2) is 0 Å². The monoisotopic (exact) mass is 542 g/mol. The summed E-state index contributed by atoms with van der Waals surface area (Å²) in [4.78, 5) is 40.4. The van der Waals surface area contributed by atoms with Gasteiger partial charge in [-0.15, -0.1) is 0 Å². The van der Waals surface area contributed by atoms with Crippen LogP contribution in [0, 0.1) is 20.2 Å². The van der Waals surface area contributed by atoms with Crippen molar-refractivity contribution in [3.63, 3.8) is 0 Å². The van der Waals surface area contributed by atoms with Gasteiger partial charge in [0.2, 0.25) is 5.78 Å². The molecule has 3 aliphatic rings. The van der Waals surface area contributed by atoms with Gasteiger partial charge in [0.25, 0.3) is 11.4 Å². The van der Waals surface area contributed by atoms with Crippen LogP contribution in [0.15, 0.2) is 75.1 Å². The number of ketones is 1. The van der Waals surface area contributed by atoms with Crippen molar-refractivity contribution in [1.82, 2.24) is 0 Å². The maximum atomic E-state index is 13.8. The van der Waals surface area contributed by atoms with E-state index < -0.39 is 20.7 Å². The predicted octanol–water partition coefficient (Wildman–Crippen LogP) is 7.04. The van der Waals surface area contributed by atoms with Gasteiger partial charge in [0.1, 0.15) is 5.76 Å². The largest absolute Gasteiger partial charge is 0.506 e. The highest BCUT2D eigenvalue weighted by molar-refractivity contribution is 6.27. The minimum Gasteiger partial charge on any atom is -0.506 e. The first-order chi connectivity index (χ1) is 18.7. The summed E-state index contributed by atoms with van der Waals surface area (Å²) < 4.78 is 0. The van der Waals surface area contributed by atoms with Crippen LogP contribution in [-0.4, -0.2) is 26.4 Å². The number of hydrogen-bond donors (Lipinski definition) is 2. The first kappa shape index (κ1) is 27.0. The molecule has 2 N–H and O–H groups in total. The zero-order valence-electron chi connectivity index (χ0n) is 23.2. The van der Waals surface area contributed by atoms with Crippen molar-refractivity contribution < 1.29 is 19.7 Å². The van der Waals surface area contributed by atoms with E-state index in [0.717, 1.165) is 16.9 Å². The highest BCUT2D eigenvalue weighted by Gasteiger charge is 2.46. The Labute approximate surface area is 231 Å². The van der Waals surface area contributed by atoms with Gasteiger partial charge in [-0.2, -0.15) is 0 Å². The summed E-state index contributed by atoms with van der Waals surface area (Å²) in [6, 6.07) is 9.18. The van der Waals surface area contributed by atoms with Crippen molar-refractivity contribution in [2.24, 2.45) is 4.99 Å². The second-order valence-corrected chi connectivity index (χ2v) is 11.2. The molecule has 206 valence electrons. The number of aliphatic hydroxyl groups excluding tert-OH is 1. The lowest BCUT2D eigenvalue weighted by Crippen LogP contribution is -2.33. The highest BCUT2D eigenvalue weighted by atomic mass is 16.6. The minimum absolute atomic E-state index is 0.0150. The number of carbonyl (C=O) groups excluding carboxylic acids is 1. The first-order valence-electron chi connectivity index (χ1n) is 13.1. The van der Waals surface area contributed by atoms with Crippen LogP contribution < -0.4 is 5.32 Å². The maximum absolute atomic E-state index is 13.8. The Balaban J connectivity index is 1.61. The fraction of sp³-hybridized carbons (Fsp3) is 0.333. The number of nitro groups is 2. The molecule has 0 saturated heterocycles. The average Bonchev–Trinajstić information content (AvgIpc) is 3.33. The van der Waals surface area contributed by atoms with Crippen LogP contribution >= 0.6 is 0 Å². The molecule has 1 aliphatic carbocycles. The molecule has 0 fully saturated rings. The van der Waals surface area contributed by atoms with Gasteiger partial charge < -0.3 is 10.4 Å². The lowest BCUT2D eigenvalue weighted by atomic mass is 9.71. The Morgan fingerprint density at radius 1 is 0.900 bits per heavy atom. The van der Waals surface area contributed by atoms with Crippen molar-refractivity contribution in [3.05, 3.63) is 102 Å². The number of nitro benzene ring substituents is 2. The molecular weight excluding hydrogens is 512 g/mol. The zero-order valence-corrected chi connectivity index (χ0v) is 23.2. The van der Waals surface area contributed by atoms with Crippen molar-refractivity contribution in [2.75, 3.05) is 5.32 Å². The molecule has 0 bridgehead atoms. The van der Waals surface area contributed by atoms with E-state index in [-0.39, 0.29) is 34.1 Å². The third-order valence-corrected chi connectivity index (χ3v) is 8.29. The van der Waals surface area contributed by atoms with E-state index in [4.69, 9.17) is 4.99 Å². The number of non-ortho nitro benzene ring substituents is 2. The van der Waals surface area contributed by atoms with E-state index in [9.17, 15) is 30.1 Å². The quantitative estimate of drug-likeness (QED) is 0.226. The number of fused-ring (bicyclic) bond motifs is 2. The van der Waals surface area contributed by atoms with Crippen LogP contribution in [0.3, 0.4) is 0 Å². The lowest BCUT2D eigenvalue weighted by Gasteiger charge is -2.32. The van der Waals surface area contributed by atoms with E-state index in [0.29, 0.717) is 41.0 Å². The number of carbonyl (C=O) groups is 1. The first-order valence-corrected chi connectivity index (χ1v) is 13.1. The molecule has 0 aromatic heterocycles. The minimum atomic E-state index is -0.715. The van der Waals surface area contributed by atoms with Gasteiger partial charge in [0.05, 0.1) is 32.4 Å². The number of aliphatic imine (C=N–C) groups is 1. The second kappa shape index (κ2) is 8.97. The summed E-state index contributed by atoms with van der Waals surface area (Å²) in [5.41, 5.74) is 4.35. The number of anilines is 1. The molecular formula is C30H30N4O6. The van der Waals surface area contributed by atoms with Crippen LogP contribution in [0.2, 0.25) is 0 Å². The number of hydrogen-bond acceptors (Lipinski definition) is 8. The Bertz CT molecular complexity index is 1670. The van der Waals surface area contributed by atoms with Gasteiger partial charge in [-0.05, 0) is 47.2 Å². The summed E-state index contributed by atoms with van der Waals surface area (Å²) in [6.45, 7) is 11.5. The topological polar surface area (TPSA) is 148 Å². The van der Waals surface area contributed by atoms with E-state index in [1.54, 1.807) is 18.2 Å². The van der Waals surface area contributed by atoms with Gasteiger partial charge >= 0.3 is 0 Å². The predicted molar refractivity (Wildman–Crippen MR) is 152 cm³/mol. The third kappa shape index (κ3) is 3.70. The number of aliphatic hydroxyl groups is 1. The van der Waals surface area contributed by atoms with Crippen molar-refractivity contribution in [1.29, 1.82) is 0 Å². The molecule has 0 spiro atoms. The molecule has 5 rings (SSSR count). The fourth-order valence-electron chi connectivity index (χ4n) is 6.12. The normalized spacial score (nSPS) is 20.8. The van der Waals surface area contributed by atoms with Crippen LogP contribution in [-0.2, 0) is 15.6 Å². The Kier molecular flexibility index (Phi) is 6.05. The van der Waals surface area contributed by atoms with E-state index >= 15 is 0 Å². The van der Waals surface area contributed by atoms with Gasteiger partial charge in [0, 0.05) is 46.5 Å². The van der Waals surface area contributed by atoms with Gasteiger partial charge in [-0.25, -0.2) is 0 Å². The maximum Gasteiger partial charge on any atom is 0.269 e. The number of allylic oxidation sites excluding steroid dienone is 5. The molecule has 2 aromatic carbocycles. The molecule has 0 radical (unpaired) electrons. The van der Waals surface area contributed by atoms with Gasteiger partial charge in [-0.3, -0.25) is 30.0 Å². The summed E-state index contributed by atoms with van der Waals surface area (Å²) in [5.74, 6) is -0.398. The van der Waals surface area contributed by atoms with Crippen molar-refractivity contribution in [3.8, 4) is 0 Å². The third-order valence-electron chi connectivity index (χ3n) is 8.29. The van der Waals surface area contributed by atoms with Crippen molar-refractivity contribution in [2.45, 2.75) is 65.2 Å². The lowest BCUT2D eigenvalue weighted by molar-refractivity contribution is -0.385. The van der Waals surface area contributed by atoms with E-state index in [1.807, 2.05) is 41.5 Å². The van der Waals surface area contributed by atoms with Crippen LogP contribution in [0.4, 0.5) is 22.7 Å². The molecule has 2 aliphatic heterocycles. The molecule has 0 saturated carbocycles. The summed E-state index contributed by atoms with van der Waals surface area (Å²) in [7, 11) is 0. The standard InChI is InChI=1S/C30H30N4O6/c1-7-17(27-29(3,4)19-13-15(33(37)38)9-11-21(19)31-27)23-25(35)24(26(23)36)18(8-2)28-30(5,6)20-14-16(34(39)40)10-12-22(20)32-28/h9-14,31,35H,7-8H2,1-6H3/b24-18-,27-17+. The van der Waals surface area contributed by atoms with E-state index in [2.05, 4.69) is 5.32 Å².